The van der Waals surface area contributed by atoms with Gasteiger partial charge in [0.2, 0.25) is 0 Å². The summed E-state index contributed by atoms with van der Waals surface area (Å²) in [4.78, 5) is 49.2. The molecule has 0 saturated carbocycles. The second-order valence-corrected chi connectivity index (χ2v) is 9.48. The van der Waals surface area contributed by atoms with Crippen LogP contribution >= 0.6 is 20.2 Å². The number of carboxylic acids is 1. The van der Waals surface area contributed by atoms with E-state index < -0.39 is 50.2 Å². The maximum atomic E-state index is 12.3. The molecule has 4 rings (SSSR count). The number of nitrogens with zero attached hydrogens (tertiary/aromatic N) is 1. The predicted octanol–water partition coefficient (Wildman–Crippen LogP) is 2.42. The van der Waals surface area contributed by atoms with Crippen LogP contribution in [0.5, 0.6) is 5.75 Å². The van der Waals surface area contributed by atoms with Crippen LogP contribution in [0.15, 0.2) is 34.0 Å². The fourth-order valence-electron chi connectivity index (χ4n) is 3.56. The Hall–Kier alpha value is -2.76. The monoisotopic (exact) mass is 528 g/mol. The Kier molecular flexibility index (Phi) is 7.88. The van der Waals surface area contributed by atoms with Crippen LogP contribution in [0.25, 0.3) is 0 Å². The number of esters is 1. The number of carboxylic acid groups (broad SMARTS) is 1. The van der Waals surface area contributed by atoms with Gasteiger partial charge in [0.05, 0.1) is 26.1 Å². The van der Waals surface area contributed by atoms with Crippen molar-refractivity contribution in [3.05, 3.63) is 61.4 Å². The number of hydrogen-bond acceptors (Lipinski definition) is 9. The number of benzene rings is 1. The van der Waals surface area contributed by atoms with Crippen molar-refractivity contribution in [2.75, 3.05) is 6.61 Å². The molecule has 35 heavy (non-hydrogen) atoms. The van der Waals surface area contributed by atoms with E-state index in [-0.39, 0.29) is 32.5 Å². The molecule has 1 saturated heterocycles. The van der Waals surface area contributed by atoms with E-state index in [1.165, 1.54) is 10.8 Å². The van der Waals surface area contributed by atoms with Crippen LogP contribution in [0.3, 0.4) is 0 Å². The molecule has 2 aliphatic rings. The van der Waals surface area contributed by atoms with Crippen molar-refractivity contribution in [1.82, 2.24) is 9.55 Å². The highest BCUT2D eigenvalue weighted by Gasteiger charge is 2.40. The number of ether oxygens (including phenoxy) is 2. The Labute approximate surface area is 204 Å². The van der Waals surface area contributed by atoms with Gasteiger partial charge < -0.3 is 19.1 Å². The molecule has 2 aliphatic heterocycles. The Balaban J connectivity index is 1.45. The largest absolute Gasteiger partial charge is 0.481 e. The summed E-state index contributed by atoms with van der Waals surface area (Å²) in [6.07, 6.45) is -1.77. The van der Waals surface area contributed by atoms with Crippen molar-refractivity contribution in [1.29, 1.82) is 0 Å². The van der Waals surface area contributed by atoms with Gasteiger partial charge in [-0.2, -0.15) is 0 Å². The van der Waals surface area contributed by atoms with Gasteiger partial charge in [0.1, 0.15) is 24.2 Å². The Bertz CT molecular complexity index is 1230. The summed E-state index contributed by atoms with van der Waals surface area (Å²) >= 11 is 5.98. The van der Waals surface area contributed by atoms with Crippen molar-refractivity contribution in [2.24, 2.45) is 0 Å². The zero-order valence-electron chi connectivity index (χ0n) is 18.5. The molecule has 14 heteroatoms. The molecule has 2 N–H and O–H groups in total. The summed E-state index contributed by atoms with van der Waals surface area (Å²) < 4.78 is 29.7. The van der Waals surface area contributed by atoms with Gasteiger partial charge in [-0.3, -0.25) is 33.0 Å². The summed E-state index contributed by atoms with van der Waals surface area (Å²) in [6.45, 7) is 1.67. The van der Waals surface area contributed by atoms with Crippen LogP contribution in [-0.2, 0) is 34.7 Å². The molecule has 0 spiro atoms. The summed E-state index contributed by atoms with van der Waals surface area (Å²) in [5, 5.41) is 9.36. The highest BCUT2D eigenvalue weighted by molar-refractivity contribution is 7.42. The van der Waals surface area contributed by atoms with E-state index in [4.69, 9.17) is 39.8 Å². The Morgan fingerprint density at radius 2 is 2.11 bits per heavy atom. The molecule has 3 heterocycles. The Morgan fingerprint density at radius 3 is 2.89 bits per heavy atom. The van der Waals surface area contributed by atoms with Gasteiger partial charge in [0.25, 0.3) is 5.56 Å². The fourth-order valence-corrected chi connectivity index (χ4v) is 4.79. The first-order valence-corrected chi connectivity index (χ1v) is 12.1. The molecule has 0 radical (unpaired) electrons. The lowest BCUT2D eigenvalue weighted by molar-refractivity contribution is -0.155. The average molecular weight is 529 g/mol. The molecular formula is C21H22ClN2O10P. The molecule has 1 aromatic heterocycles. The van der Waals surface area contributed by atoms with Crippen molar-refractivity contribution in [3.8, 4) is 5.75 Å². The molecule has 4 unspecified atom stereocenters. The quantitative estimate of drug-likeness (QED) is 0.385. The van der Waals surface area contributed by atoms with E-state index in [1.807, 2.05) is 0 Å². The molecule has 0 bridgehead atoms. The minimum atomic E-state index is -1.78. The third kappa shape index (κ3) is 6.28. The van der Waals surface area contributed by atoms with E-state index >= 15 is 0 Å². The van der Waals surface area contributed by atoms with Crippen LogP contribution in [0.4, 0.5) is 0 Å². The SMILES string of the molecule is Cc1cn(C2CC(OC(=O)CCC(=O)O)C(COP3OCc4cc(Cl)ccc4O3)O2)c(=O)[nH]c1=O. The number of aryl methyl sites for hydroxylation is 1. The lowest BCUT2D eigenvalue weighted by atomic mass is 10.2. The smallest absolute Gasteiger partial charge is 0.397 e. The van der Waals surface area contributed by atoms with Crippen LogP contribution in [0.1, 0.15) is 36.6 Å². The maximum Gasteiger partial charge on any atom is 0.397 e. The number of nitrogens with one attached hydrogen (secondary N) is 1. The summed E-state index contributed by atoms with van der Waals surface area (Å²) in [7, 11) is -1.78. The zero-order chi connectivity index (χ0) is 25.1. The molecule has 188 valence electrons. The predicted molar refractivity (Wildman–Crippen MR) is 121 cm³/mol. The molecule has 0 aliphatic carbocycles. The number of halogens is 1. The van der Waals surface area contributed by atoms with E-state index in [0.29, 0.717) is 16.3 Å². The molecule has 1 fully saturated rings. The van der Waals surface area contributed by atoms with Gasteiger partial charge in [-0.25, -0.2) is 4.79 Å². The van der Waals surface area contributed by atoms with E-state index in [0.717, 1.165) is 5.56 Å². The van der Waals surface area contributed by atoms with Gasteiger partial charge in [0.15, 0.2) is 0 Å². The average Bonchev–Trinajstić information content (AvgIpc) is 3.20. The number of aliphatic carboxylic acids is 1. The fraction of sp³-hybridized carbons (Fsp3) is 0.429. The number of carbonyl (C=O) groups is 2. The molecule has 2 aromatic rings. The summed E-state index contributed by atoms with van der Waals surface area (Å²) in [5.41, 5.74) is -0.123. The topological polar surface area (TPSA) is 155 Å². The molecule has 4 atom stereocenters. The lowest BCUT2D eigenvalue weighted by Gasteiger charge is -2.26. The standard InChI is InChI=1S/C21H22ClN2O10P/c1-11-8-24(21(29)23-20(11)28)17-7-15(33-19(27)5-4-18(25)26)16(32-17)10-31-35-30-9-12-6-13(22)2-3-14(12)34-35/h2-3,6,8,15-17H,4-5,7,9-10H2,1H3,(H,25,26)(H,23,28,29). The number of hydrogen-bond donors (Lipinski definition) is 2. The van der Waals surface area contributed by atoms with Crippen LogP contribution < -0.4 is 15.8 Å². The van der Waals surface area contributed by atoms with E-state index in [9.17, 15) is 19.2 Å². The molecule has 12 nitrogen and oxygen atoms in total. The van der Waals surface area contributed by atoms with Gasteiger partial charge in [0, 0.05) is 28.8 Å². The first-order valence-electron chi connectivity index (χ1n) is 10.6. The molecule has 0 amide bonds. The minimum absolute atomic E-state index is 0.0825. The maximum absolute atomic E-state index is 12.3. The number of carbonyl (C=O) groups excluding carboxylic acids is 1. The van der Waals surface area contributed by atoms with Crippen molar-refractivity contribution in [3.63, 3.8) is 0 Å². The second-order valence-electron chi connectivity index (χ2n) is 7.90. The van der Waals surface area contributed by atoms with Gasteiger partial charge in [-0.05, 0) is 25.1 Å². The number of aromatic amines is 1. The van der Waals surface area contributed by atoms with Gasteiger partial charge in [-0.15, -0.1) is 0 Å². The normalized spacial score (nSPS) is 23.4. The van der Waals surface area contributed by atoms with Crippen LogP contribution in [0.2, 0.25) is 5.02 Å². The van der Waals surface area contributed by atoms with Crippen LogP contribution in [0, 0.1) is 6.92 Å². The van der Waals surface area contributed by atoms with Crippen molar-refractivity contribution >= 4 is 32.1 Å². The Morgan fingerprint density at radius 1 is 1.31 bits per heavy atom. The first-order chi connectivity index (χ1) is 16.7. The van der Waals surface area contributed by atoms with Crippen molar-refractivity contribution in [2.45, 2.75) is 51.2 Å². The van der Waals surface area contributed by atoms with Crippen molar-refractivity contribution < 1.29 is 37.7 Å². The number of H-pyrrole nitrogens is 1. The van der Waals surface area contributed by atoms with Gasteiger partial charge >= 0.3 is 26.2 Å². The molecular weight excluding hydrogens is 507 g/mol. The third-order valence-electron chi connectivity index (χ3n) is 5.33. The summed E-state index contributed by atoms with van der Waals surface area (Å²) in [6, 6.07) is 5.12. The zero-order valence-corrected chi connectivity index (χ0v) is 20.1. The third-order valence-corrected chi connectivity index (χ3v) is 6.61. The molecule has 1 aromatic carbocycles. The van der Waals surface area contributed by atoms with Gasteiger partial charge in [-0.1, -0.05) is 11.6 Å². The number of aromatic nitrogens is 2. The summed E-state index contributed by atoms with van der Waals surface area (Å²) in [5.74, 6) is -1.28. The van der Waals surface area contributed by atoms with Crippen LogP contribution in [-0.4, -0.2) is 45.4 Å². The number of fused-ring (bicyclic) bond motifs is 1. The highest BCUT2D eigenvalue weighted by atomic mass is 35.5. The lowest BCUT2D eigenvalue weighted by Crippen LogP contribution is -2.33. The minimum Gasteiger partial charge on any atom is -0.481 e. The van der Waals surface area contributed by atoms with E-state index in [1.54, 1.807) is 25.1 Å². The second kappa shape index (κ2) is 10.9. The highest BCUT2D eigenvalue weighted by Crippen LogP contribution is 2.48. The first kappa shape index (κ1) is 25.3. The number of rotatable bonds is 8. The van der Waals surface area contributed by atoms with E-state index in [2.05, 4.69) is 4.98 Å².